The standard InChI is InChI=1S/C34H43F2N3O8S2/c1-23-20-39(24(2)22-40)34(41)31-19-28(37-48(42,43)29-13-8-26(35)9-14-29)12-17-32(31)47-25(3)7-5-6-18-46-33(23)21-38(4)49(44,45)30-15-10-27(36)11-16-30/h8-17,19,23-25,33,37,40H,5-7,18,20-22H2,1-4H3/t23-,24-,25+,33-/m0/s1. The van der Waals surface area contributed by atoms with E-state index in [2.05, 4.69) is 4.72 Å². The smallest absolute Gasteiger partial charge is 0.261 e. The molecular weight excluding hydrogens is 681 g/mol. The second kappa shape index (κ2) is 16.4. The number of hydrogen-bond acceptors (Lipinski definition) is 8. The third kappa shape index (κ3) is 9.75. The number of aliphatic hydroxyl groups excluding tert-OH is 1. The van der Waals surface area contributed by atoms with E-state index in [4.69, 9.17) is 9.47 Å². The van der Waals surface area contributed by atoms with E-state index in [-0.39, 0.29) is 46.0 Å². The molecule has 3 aromatic rings. The quantitative estimate of drug-likeness (QED) is 0.318. The van der Waals surface area contributed by atoms with Crippen molar-refractivity contribution in [2.24, 2.45) is 5.92 Å². The van der Waals surface area contributed by atoms with Gasteiger partial charge in [-0.25, -0.2) is 25.6 Å². The molecule has 0 saturated heterocycles. The van der Waals surface area contributed by atoms with Crippen LogP contribution in [0.3, 0.4) is 0 Å². The van der Waals surface area contributed by atoms with E-state index in [0.29, 0.717) is 25.9 Å². The Hall–Kier alpha value is -3.63. The maximum absolute atomic E-state index is 14.3. The van der Waals surface area contributed by atoms with Gasteiger partial charge in [-0.05, 0) is 99.8 Å². The fourth-order valence-electron chi connectivity index (χ4n) is 5.41. The molecule has 4 atom stereocenters. The van der Waals surface area contributed by atoms with Crippen molar-refractivity contribution in [1.82, 2.24) is 9.21 Å². The molecule has 2 N–H and O–H groups in total. The van der Waals surface area contributed by atoms with Crippen molar-refractivity contribution >= 4 is 31.6 Å². The van der Waals surface area contributed by atoms with E-state index in [1.54, 1.807) is 6.92 Å². The van der Waals surface area contributed by atoms with Crippen molar-refractivity contribution < 1.29 is 45.0 Å². The molecule has 0 unspecified atom stereocenters. The van der Waals surface area contributed by atoms with Crippen LogP contribution in [-0.4, -0.2) is 88.7 Å². The fraction of sp³-hybridized carbons (Fsp3) is 0.441. The third-order valence-corrected chi connectivity index (χ3v) is 11.6. The summed E-state index contributed by atoms with van der Waals surface area (Å²) < 4.78 is 95.8. The molecule has 0 fully saturated rings. The molecule has 0 radical (unpaired) electrons. The lowest BCUT2D eigenvalue weighted by Gasteiger charge is -2.35. The molecule has 11 nitrogen and oxygen atoms in total. The van der Waals surface area contributed by atoms with E-state index in [0.717, 1.165) is 40.7 Å². The number of carbonyl (C=O) groups is 1. The minimum Gasteiger partial charge on any atom is -0.490 e. The number of halogens is 2. The van der Waals surface area contributed by atoms with Crippen molar-refractivity contribution in [2.75, 3.05) is 38.1 Å². The van der Waals surface area contributed by atoms with Gasteiger partial charge in [0.15, 0.2) is 0 Å². The van der Waals surface area contributed by atoms with Crippen LogP contribution in [0, 0.1) is 17.6 Å². The number of amides is 1. The molecule has 1 heterocycles. The number of carbonyl (C=O) groups excluding carboxylic acids is 1. The van der Waals surface area contributed by atoms with Gasteiger partial charge in [0.25, 0.3) is 15.9 Å². The minimum absolute atomic E-state index is 0.0379. The highest BCUT2D eigenvalue weighted by Gasteiger charge is 2.32. The van der Waals surface area contributed by atoms with Gasteiger partial charge >= 0.3 is 0 Å². The molecular formula is C34H43F2N3O8S2. The first-order chi connectivity index (χ1) is 23.1. The molecule has 0 aromatic heterocycles. The van der Waals surface area contributed by atoms with Crippen LogP contribution in [0.2, 0.25) is 0 Å². The number of ether oxygens (including phenoxy) is 2. The summed E-state index contributed by atoms with van der Waals surface area (Å²) in [5.74, 6) is -1.94. The monoisotopic (exact) mass is 723 g/mol. The zero-order valence-corrected chi connectivity index (χ0v) is 29.5. The van der Waals surface area contributed by atoms with Crippen LogP contribution in [0.5, 0.6) is 5.75 Å². The van der Waals surface area contributed by atoms with Crippen LogP contribution in [-0.2, 0) is 24.8 Å². The highest BCUT2D eigenvalue weighted by Crippen LogP contribution is 2.30. The van der Waals surface area contributed by atoms with Gasteiger partial charge in [-0.1, -0.05) is 6.92 Å². The van der Waals surface area contributed by atoms with Gasteiger partial charge in [-0.15, -0.1) is 0 Å². The number of aliphatic hydroxyl groups is 1. The second-order valence-electron chi connectivity index (χ2n) is 12.3. The minimum atomic E-state index is -4.14. The lowest BCUT2D eigenvalue weighted by atomic mass is 10.0. The van der Waals surface area contributed by atoms with Gasteiger partial charge in [-0.2, -0.15) is 4.31 Å². The molecule has 3 aromatic carbocycles. The largest absolute Gasteiger partial charge is 0.490 e. The van der Waals surface area contributed by atoms with Crippen LogP contribution in [0.4, 0.5) is 14.5 Å². The lowest BCUT2D eigenvalue weighted by Crippen LogP contribution is -2.48. The number of likely N-dealkylation sites (N-methyl/N-ethyl adjacent to an activating group) is 1. The highest BCUT2D eigenvalue weighted by molar-refractivity contribution is 7.92. The summed E-state index contributed by atoms with van der Waals surface area (Å²) in [6.45, 7) is 5.21. The molecule has 268 valence electrons. The maximum Gasteiger partial charge on any atom is 0.261 e. The van der Waals surface area contributed by atoms with Crippen LogP contribution in [0.25, 0.3) is 0 Å². The summed E-state index contributed by atoms with van der Waals surface area (Å²) in [5.41, 5.74) is 0.108. The van der Waals surface area contributed by atoms with Crippen LogP contribution in [0.15, 0.2) is 76.5 Å². The normalized spacial score (nSPS) is 20.6. The lowest BCUT2D eigenvalue weighted by molar-refractivity contribution is -0.00834. The van der Waals surface area contributed by atoms with E-state index >= 15 is 0 Å². The third-order valence-electron chi connectivity index (χ3n) is 8.39. The Kier molecular flexibility index (Phi) is 12.8. The number of benzene rings is 3. The highest BCUT2D eigenvalue weighted by atomic mass is 32.2. The first kappa shape index (κ1) is 38.2. The predicted molar refractivity (Wildman–Crippen MR) is 180 cm³/mol. The molecule has 49 heavy (non-hydrogen) atoms. The SMILES string of the molecule is C[C@@H]1CCCCO[C@@H](CN(C)S(=O)(=O)c2ccc(F)cc2)[C@@H](C)CN([C@@H](C)CO)C(=O)c2cc(NS(=O)(=O)c3ccc(F)cc3)ccc2O1. The summed E-state index contributed by atoms with van der Waals surface area (Å²) in [6, 6.07) is 12.5. The first-order valence-electron chi connectivity index (χ1n) is 16.0. The predicted octanol–water partition coefficient (Wildman–Crippen LogP) is 4.88. The van der Waals surface area contributed by atoms with Crippen molar-refractivity contribution in [1.29, 1.82) is 0 Å². The Morgan fingerprint density at radius 1 is 0.959 bits per heavy atom. The Bertz CT molecular complexity index is 1790. The number of anilines is 1. The van der Waals surface area contributed by atoms with Gasteiger partial charge < -0.3 is 19.5 Å². The van der Waals surface area contributed by atoms with Gasteiger partial charge in [0.2, 0.25) is 10.0 Å². The Morgan fingerprint density at radius 2 is 1.57 bits per heavy atom. The van der Waals surface area contributed by atoms with E-state index in [1.807, 2.05) is 13.8 Å². The summed E-state index contributed by atoms with van der Waals surface area (Å²) in [7, 11) is -6.73. The molecule has 0 spiro atoms. The van der Waals surface area contributed by atoms with Crippen molar-refractivity contribution in [3.63, 3.8) is 0 Å². The van der Waals surface area contributed by atoms with Crippen LogP contribution < -0.4 is 9.46 Å². The zero-order chi connectivity index (χ0) is 35.9. The first-order valence-corrected chi connectivity index (χ1v) is 18.9. The number of nitrogens with one attached hydrogen (secondary N) is 1. The molecule has 15 heteroatoms. The van der Waals surface area contributed by atoms with Crippen molar-refractivity contribution in [3.8, 4) is 5.75 Å². The summed E-state index contributed by atoms with van der Waals surface area (Å²) in [5, 5.41) is 10.2. The Balaban J connectivity index is 1.67. The van der Waals surface area contributed by atoms with E-state index < -0.39 is 62.3 Å². The van der Waals surface area contributed by atoms with Crippen molar-refractivity contribution in [2.45, 2.75) is 68.1 Å². The summed E-state index contributed by atoms with van der Waals surface area (Å²) >= 11 is 0. The molecule has 1 aliphatic rings. The maximum atomic E-state index is 14.3. The number of rotatable bonds is 9. The molecule has 1 amide bonds. The molecule has 0 saturated carbocycles. The fourth-order valence-corrected chi connectivity index (χ4v) is 7.65. The number of fused-ring (bicyclic) bond motifs is 1. The second-order valence-corrected chi connectivity index (χ2v) is 16.0. The summed E-state index contributed by atoms with van der Waals surface area (Å²) in [4.78, 5) is 15.5. The van der Waals surface area contributed by atoms with E-state index in [9.17, 15) is 35.5 Å². The number of hydrogen-bond donors (Lipinski definition) is 2. The van der Waals surface area contributed by atoms with E-state index in [1.165, 1.54) is 42.3 Å². The van der Waals surface area contributed by atoms with Crippen molar-refractivity contribution in [3.05, 3.63) is 83.9 Å². The Labute approximate surface area is 286 Å². The molecule has 0 bridgehead atoms. The number of nitrogens with zero attached hydrogens (tertiary/aromatic N) is 2. The molecule has 1 aliphatic heterocycles. The van der Waals surface area contributed by atoms with Gasteiger partial charge in [0.05, 0.1) is 40.2 Å². The average Bonchev–Trinajstić information content (AvgIpc) is 3.06. The number of sulfonamides is 2. The van der Waals surface area contributed by atoms with Crippen LogP contribution in [0.1, 0.15) is 50.4 Å². The Morgan fingerprint density at radius 3 is 2.18 bits per heavy atom. The topological polar surface area (TPSA) is 143 Å². The van der Waals surface area contributed by atoms with Gasteiger partial charge in [0, 0.05) is 38.3 Å². The molecule has 4 rings (SSSR count). The van der Waals surface area contributed by atoms with Gasteiger partial charge in [-0.3, -0.25) is 9.52 Å². The van der Waals surface area contributed by atoms with Crippen LogP contribution >= 0.6 is 0 Å². The summed E-state index contributed by atoms with van der Waals surface area (Å²) in [6.07, 6.45) is 0.954. The zero-order valence-electron chi connectivity index (χ0n) is 27.9. The molecule has 0 aliphatic carbocycles. The van der Waals surface area contributed by atoms with Gasteiger partial charge in [0.1, 0.15) is 17.4 Å². The average molecular weight is 724 g/mol.